The van der Waals surface area contributed by atoms with Gasteiger partial charge in [-0.05, 0) is 5.41 Å². The molecule has 1 aromatic heterocycles. The summed E-state index contributed by atoms with van der Waals surface area (Å²) in [5.41, 5.74) is 1.83. The number of rotatable bonds is 6. The molecule has 130 valence electrons. The topological polar surface area (TPSA) is 74.2 Å². The third-order valence-electron chi connectivity index (χ3n) is 3.69. The highest BCUT2D eigenvalue weighted by molar-refractivity contribution is 7.13. The molecule has 2 amide bonds. The largest absolute Gasteiger partial charge is 0.391 e. The number of thiazole rings is 1. The molecular weight excluding hydrogens is 322 g/mol. The second-order valence-electron chi connectivity index (χ2n) is 6.78. The van der Waals surface area contributed by atoms with E-state index in [1.165, 1.54) is 0 Å². The highest BCUT2D eigenvalue weighted by Gasteiger charge is 2.22. The lowest BCUT2D eigenvalue weighted by molar-refractivity contribution is 0.0650. The van der Waals surface area contributed by atoms with E-state index >= 15 is 0 Å². The zero-order valence-corrected chi connectivity index (χ0v) is 15.2. The minimum Gasteiger partial charge on any atom is -0.391 e. The monoisotopic (exact) mass is 347 g/mol. The number of hydrogen-bond acceptors (Lipinski definition) is 4. The Morgan fingerprint density at radius 2 is 1.96 bits per heavy atom. The molecule has 1 unspecified atom stereocenters. The van der Waals surface area contributed by atoms with Crippen molar-refractivity contribution in [1.82, 2.24) is 15.6 Å². The average Bonchev–Trinajstić information content (AvgIpc) is 3.01. The predicted octanol–water partition coefficient (Wildman–Crippen LogP) is 3.06. The van der Waals surface area contributed by atoms with Crippen molar-refractivity contribution in [3.05, 3.63) is 41.4 Å². The maximum absolute atomic E-state index is 11.7. The van der Waals surface area contributed by atoms with Crippen LogP contribution in [0.5, 0.6) is 0 Å². The van der Waals surface area contributed by atoms with Gasteiger partial charge in [0, 0.05) is 30.5 Å². The Morgan fingerprint density at radius 1 is 1.25 bits per heavy atom. The number of hydrogen-bond donors (Lipinski definition) is 3. The number of nitrogens with one attached hydrogen (secondary N) is 2. The number of urea groups is 1. The molecule has 6 heteroatoms. The van der Waals surface area contributed by atoms with E-state index in [4.69, 9.17) is 0 Å². The fourth-order valence-electron chi connectivity index (χ4n) is 2.00. The van der Waals surface area contributed by atoms with E-state index in [0.717, 1.165) is 16.3 Å². The summed E-state index contributed by atoms with van der Waals surface area (Å²) in [4.78, 5) is 16.3. The van der Waals surface area contributed by atoms with E-state index in [9.17, 15) is 9.90 Å². The van der Waals surface area contributed by atoms with Crippen molar-refractivity contribution in [2.75, 3.05) is 13.1 Å². The number of aliphatic hydroxyl groups is 1. The first-order valence-electron chi connectivity index (χ1n) is 8.06. The lowest BCUT2D eigenvalue weighted by Crippen LogP contribution is -2.44. The molecule has 0 fully saturated rings. The number of nitrogens with zero attached hydrogens (tertiary/aromatic N) is 1. The second-order valence-corrected chi connectivity index (χ2v) is 7.64. The highest BCUT2D eigenvalue weighted by atomic mass is 32.1. The van der Waals surface area contributed by atoms with Gasteiger partial charge < -0.3 is 15.7 Å². The van der Waals surface area contributed by atoms with Gasteiger partial charge in [0.15, 0.2) is 0 Å². The number of benzene rings is 1. The summed E-state index contributed by atoms with van der Waals surface area (Å²) in [6.07, 6.45) is 0.105. The van der Waals surface area contributed by atoms with Gasteiger partial charge in [-0.25, -0.2) is 9.78 Å². The quantitative estimate of drug-likeness (QED) is 0.752. The Kier molecular flexibility index (Phi) is 6.34. The van der Waals surface area contributed by atoms with Gasteiger partial charge in [-0.3, -0.25) is 0 Å². The Hall–Kier alpha value is -1.92. The minimum atomic E-state index is -0.574. The SMILES string of the molecule is CC(C)(C)C(O)CNC(=O)NCCc1csc(-c2ccccc2)n1. The van der Waals surface area contributed by atoms with Crippen molar-refractivity contribution in [2.45, 2.75) is 33.3 Å². The zero-order chi connectivity index (χ0) is 17.6. The van der Waals surface area contributed by atoms with Crippen LogP contribution < -0.4 is 10.6 Å². The van der Waals surface area contributed by atoms with Crippen molar-refractivity contribution in [3.8, 4) is 10.6 Å². The van der Waals surface area contributed by atoms with Crippen LogP contribution in [0.25, 0.3) is 10.6 Å². The number of aromatic nitrogens is 1. The van der Waals surface area contributed by atoms with Gasteiger partial charge in [-0.15, -0.1) is 11.3 Å². The maximum Gasteiger partial charge on any atom is 0.314 e. The number of carbonyl (C=O) groups excluding carboxylic acids is 1. The molecule has 1 atom stereocenters. The van der Waals surface area contributed by atoms with Crippen LogP contribution in [-0.2, 0) is 6.42 Å². The first-order chi connectivity index (χ1) is 11.4. The Bertz CT molecular complexity index is 650. The van der Waals surface area contributed by atoms with Crippen LogP contribution in [0.1, 0.15) is 26.5 Å². The summed E-state index contributed by atoms with van der Waals surface area (Å²) in [6.45, 7) is 6.55. The molecule has 0 aliphatic carbocycles. The van der Waals surface area contributed by atoms with Crippen LogP contribution >= 0.6 is 11.3 Å². The van der Waals surface area contributed by atoms with Gasteiger partial charge in [0.05, 0.1) is 11.8 Å². The summed E-state index contributed by atoms with van der Waals surface area (Å²) in [7, 11) is 0. The van der Waals surface area contributed by atoms with Crippen molar-refractivity contribution >= 4 is 17.4 Å². The van der Waals surface area contributed by atoms with E-state index in [2.05, 4.69) is 15.6 Å². The zero-order valence-electron chi connectivity index (χ0n) is 14.4. The molecule has 0 spiro atoms. The van der Waals surface area contributed by atoms with Gasteiger partial charge in [0.1, 0.15) is 5.01 Å². The van der Waals surface area contributed by atoms with Crippen LogP contribution in [-0.4, -0.2) is 35.3 Å². The van der Waals surface area contributed by atoms with Crippen molar-refractivity contribution in [1.29, 1.82) is 0 Å². The predicted molar refractivity (Wildman–Crippen MR) is 98.1 cm³/mol. The third kappa shape index (κ3) is 5.62. The molecule has 1 aromatic carbocycles. The van der Waals surface area contributed by atoms with Crippen molar-refractivity contribution < 1.29 is 9.90 Å². The van der Waals surface area contributed by atoms with Crippen LogP contribution in [0.4, 0.5) is 4.79 Å². The number of aliphatic hydroxyl groups excluding tert-OH is 1. The molecule has 0 radical (unpaired) electrons. The molecule has 24 heavy (non-hydrogen) atoms. The third-order valence-corrected chi connectivity index (χ3v) is 4.63. The molecule has 2 aromatic rings. The van der Waals surface area contributed by atoms with E-state index in [0.29, 0.717) is 13.0 Å². The molecule has 1 heterocycles. The fourth-order valence-corrected chi connectivity index (χ4v) is 2.86. The highest BCUT2D eigenvalue weighted by Crippen LogP contribution is 2.23. The number of amides is 2. The molecule has 0 saturated heterocycles. The van der Waals surface area contributed by atoms with Crippen LogP contribution in [0, 0.1) is 5.41 Å². The normalized spacial score (nSPS) is 12.7. The van der Waals surface area contributed by atoms with Crippen molar-refractivity contribution in [3.63, 3.8) is 0 Å². The Balaban J connectivity index is 1.73. The maximum atomic E-state index is 11.7. The summed E-state index contributed by atoms with van der Waals surface area (Å²) in [5, 5.41) is 18.4. The van der Waals surface area contributed by atoms with Gasteiger partial charge in [0.25, 0.3) is 0 Å². The molecule has 3 N–H and O–H groups in total. The number of carbonyl (C=O) groups is 1. The molecule has 0 bridgehead atoms. The summed E-state index contributed by atoms with van der Waals surface area (Å²) in [5.74, 6) is 0. The fraction of sp³-hybridized carbons (Fsp3) is 0.444. The van der Waals surface area contributed by atoms with Crippen LogP contribution in [0.2, 0.25) is 0 Å². The molecule has 0 saturated carbocycles. The van der Waals surface area contributed by atoms with E-state index in [1.807, 2.05) is 56.5 Å². The van der Waals surface area contributed by atoms with E-state index < -0.39 is 6.10 Å². The lowest BCUT2D eigenvalue weighted by atomic mass is 9.89. The van der Waals surface area contributed by atoms with Gasteiger partial charge >= 0.3 is 6.03 Å². The van der Waals surface area contributed by atoms with Crippen molar-refractivity contribution in [2.24, 2.45) is 5.41 Å². The van der Waals surface area contributed by atoms with Crippen LogP contribution in [0.15, 0.2) is 35.7 Å². The van der Waals surface area contributed by atoms with E-state index in [-0.39, 0.29) is 18.0 Å². The van der Waals surface area contributed by atoms with Crippen LogP contribution in [0.3, 0.4) is 0 Å². The molecule has 0 aliphatic heterocycles. The first kappa shape index (κ1) is 18.4. The summed E-state index contributed by atoms with van der Waals surface area (Å²) < 4.78 is 0. The Morgan fingerprint density at radius 3 is 2.62 bits per heavy atom. The smallest absolute Gasteiger partial charge is 0.314 e. The summed E-state index contributed by atoms with van der Waals surface area (Å²) in [6, 6.07) is 9.78. The lowest BCUT2D eigenvalue weighted by Gasteiger charge is -2.25. The molecule has 2 rings (SSSR count). The van der Waals surface area contributed by atoms with Gasteiger partial charge in [-0.1, -0.05) is 51.1 Å². The Labute approximate surface area is 147 Å². The van der Waals surface area contributed by atoms with E-state index in [1.54, 1.807) is 11.3 Å². The standard InChI is InChI=1S/C18H25N3O2S/c1-18(2,3)15(22)11-20-17(23)19-10-9-14-12-24-16(21-14)13-7-5-4-6-8-13/h4-8,12,15,22H,9-11H2,1-3H3,(H2,19,20,23). The molecular formula is C18H25N3O2S. The first-order valence-corrected chi connectivity index (χ1v) is 8.94. The molecule has 0 aliphatic rings. The minimum absolute atomic E-state index is 0.240. The van der Waals surface area contributed by atoms with Gasteiger partial charge in [-0.2, -0.15) is 0 Å². The summed E-state index contributed by atoms with van der Waals surface area (Å²) >= 11 is 1.61. The molecule has 5 nitrogen and oxygen atoms in total. The van der Waals surface area contributed by atoms with Gasteiger partial charge in [0.2, 0.25) is 0 Å². The average molecular weight is 347 g/mol. The second kappa shape index (κ2) is 8.26.